The summed E-state index contributed by atoms with van der Waals surface area (Å²) in [5, 5.41) is 3.53. The highest BCUT2D eigenvalue weighted by atomic mass is 16.2. The molecule has 3 heteroatoms. The van der Waals surface area contributed by atoms with E-state index >= 15 is 0 Å². The maximum Gasteiger partial charge on any atom is 0.225 e. The standard InChI is InChI=1S/C11H18N2O/c14-11(8-3-4-8)13-6-9-2-1-5-12-10(9)7-13/h8-10,12H,1-7H2/t9-,10+/m1/s1. The molecule has 2 saturated heterocycles. The molecular weight excluding hydrogens is 176 g/mol. The van der Waals surface area contributed by atoms with Gasteiger partial charge in [-0.25, -0.2) is 0 Å². The normalized spacial score (nSPS) is 37.0. The second-order valence-corrected chi connectivity index (χ2v) is 4.98. The molecule has 0 radical (unpaired) electrons. The quantitative estimate of drug-likeness (QED) is 0.663. The number of carbonyl (C=O) groups excluding carboxylic acids is 1. The molecule has 3 aliphatic rings. The number of nitrogens with zero attached hydrogens (tertiary/aromatic N) is 1. The van der Waals surface area contributed by atoms with E-state index in [4.69, 9.17) is 0 Å². The van der Waals surface area contributed by atoms with Crippen molar-refractivity contribution in [3.8, 4) is 0 Å². The topological polar surface area (TPSA) is 32.3 Å². The van der Waals surface area contributed by atoms with E-state index in [0.717, 1.165) is 38.4 Å². The summed E-state index contributed by atoms with van der Waals surface area (Å²) >= 11 is 0. The van der Waals surface area contributed by atoms with Gasteiger partial charge in [0.05, 0.1) is 0 Å². The third-order valence-electron chi connectivity index (χ3n) is 3.84. The summed E-state index contributed by atoms with van der Waals surface area (Å²) in [6.45, 7) is 3.14. The minimum absolute atomic E-state index is 0.398. The summed E-state index contributed by atoms with van der Waals surface area (Å²) < 4.78 is 0. The van der Waals surface area contributed by atoms with Crippen LogP contribution in [-0.4, -0.2) is 36.5 Å². The van der Waals surface area contributed by atoms with Crippen LogP contribution in [0.1, 0.15) is 25.7 Å². The number of nitrogens with one attached hydrogen (secondary N) is 1. The van der Waals surface area contributed by atoms with Gasteiger partial charge in [0.15, 0.2) is 0 Å². The fourth-order valence-electron chi connectivity index (χ4n) is 2.82. The molecule has 0 bridgehead atoms. The lowest BCUT2D eigenvalue weighted by molar-refractivity contribution is -0.131. The Kier molecular flexibility index (Phi) is 2.01. The van der Waals surface area contributed by atoms with Gasteiger partial charge in [-0.3, -0.25) is 4.79 Å². The molecule has 3 rings (SSSR count). The number of hydrogen-bond acceptors (Lipinski definition) is 2. The molecule has 0 aromatic carbocycles. The van der Waals surface area contributed by atoms with E-state index in [1.54, 1.807) is 0 Å². The zero-order valence-corrected chi connectivity index (χ0v) is 8.54. The highest BCUT2D eigenvalue weighted by Gasteiger charge is 2.41. The minimum atomic E-state index is 0.398. The van der Waals surface area contributed by atoms with Crippen LogP contribution in [0.25, 0.3) is 0 Å². The third-order valence-corrected chi connectivity index (χ3v) is 3.84. The van der Waals surface area contributed by atoms with Gasteiger partial charge in [-0.05, 0) is 38.1 Å². The first-order valence-corrected chi connectivity index (χ1v) is 5.87. The fourth-order valence-corrected chi connectivity index (χ4v) is 2.82. The molecule has 0 aromatic heterocycles. The lowest BCUT2D eigenvalue weighted by atomic mass is 9.94. The highest BCUT2D eigenvalue weighted by Crippen LogP contribution is 2.34. The van der Waals surface area contributed by atoms with Crippen molar-refractivity contribution in [1.82, 2.24) is 10.2 Å². The Morgan fingerprint density at radius 2 is 2.07 bits per heavy atom. The monoisotopic (exact) mass is 194 g/mol. The van der Waals surface area contributed by atoms with Crippen molar-refractivity contribution in [3.63, 3.8) is 0 Å². The zero-order chi connectivity index (χ0) is 9.54. The lowest BCUT2D eigenvalue weighted by Gasteiger charge is -2.24. The summed E-state index contributed by atoms with van der Waals surface area (Å²) in [6.07, 6.45) is 4.87. The Morgan fingerprint density at radius 3 is 2.79 bits per heavy atom. The molecule has 0 unspecified atom stereocenters. The Hall–Kier alpha value is -0.570. The van der Waals surface area contributed by atoms with Gasteiger partial charge in [0, 0.05) is 25.0 Å². The number of likely N-dealkylation sites (tertiary alicyclic amines) is 1. The molecule has 3 nitrogen and oxygen atoms in total. The van der Waals surface area contributed by atoms with Crippen molar-refractivity contribution in [1.29, 1.82) is 0 Å². The summed E-state index contributed by atoms with van der Waals surface area (Å²) in [5.41, 5.74) is 0. The van der Waals surface area contributed by atoms with Gasteiger partial charge in [-0.2, -0.15) is 0 Å². The number of fused-ring (bicyclic) bond motifs is 1. The molecular formula is C11H18N2O. The average Bonchev–Trinajstić information content (AvgIpc) is 2.95. The molecule has 0 aromatic rings. The van der Waals surface area contributed by atoms with Gasteiger partial charge >= 0.3 is 0 Å². The van der Waals surface area contributed by atoms with Gasteiger partial charge in [-0.1, -0.05) is 0 Å². The first-order chi connectivity index (χ1) is 6.84. The number of hydrogen-bond donors (Lipinski definition) is 1. The van der Waals surface area contributed by atoms with Gasteiger partial charge in [0.2, 0.25) is 5.91 Å². The molecule has 2 aliphatic heterocycles. The van der Waals surface area contributed by atoms with Crippen molar-refractivity contribution in [3.05, 3.63) is 0 Å². The summed E-state index contributed by atoms with van der Waals surface area (Å²) in [7, 11) is 0. The van der Waals surface area contributed by atoms with Crippen LogP contribution in [0.3, 0.4) is 0 Å². The van der Waals surface area contributed by atoms with E-state index in [1.165, 1.54) is 12.8 Å². The SMILES string of the molecule is O=C(C1CC1)N1C[C@H]2CCCN[C@H]2C1. The second-order valence-electron chi connectivity index (χ2n) is 4.98. The number of carbonyl (C=O) groups is 1. The smallest absolute Gasteiger partial charge is 0.225 e. The largest absolute Gasteiger partial charge is 0.341 e. The number of rotatable bonds is 1. The van der Waals surface area contributed by atoms with Crippen molar-refractivity contribution >= 4 is 5.91 Å². The minimum Gasteiger partial charge on any atom is -0.341 e. The van der Waals surface area contributed by atoms with E-state index in [-0.39, 0.29) is 0 Å². The Morgan fingerprint density at radius 1 is 1.21 bits per heavy atom. The fraction of sp³-hybridized carbons (Fsp3) is 0.909. The summed E-state index contributed by atoms with van der Waals surface area (Å²) in [4.78, 5) is 14.0. The Balaban J connectivity index is 1.64. The zero-order valence-electron chi connectivity index (χ0n) is 8.54. The van der Waals surface area contributed by atoms with Crippen LogP contribution in [0, 0.1) is 11.8 Å². The number of piperidine rings is 1. The van der Waals surface area contributed by atoms with Crippen LogP contribution in [0.15, 0.2) is 0 Å². The van der Waals surface area contributed by atoms with Crippen molar-refractivity contribution in [2.75, 3.05) is 19.6 Å². The van der Waals surface area contributed by atoms with Crippen LogP contribution in [0.2, 0.25) is 0 Å². The van der Waals surface area contributed by atoms with Crippen LogP contribution >= 0.6 is 0 Å². The summed E-state index contributed by atoms with van der Waals surface area (Å²) in [5.74, 6) is 1.57. The Bertz CT molecular complexity index is 236. The molecule has 78 valence electrons. The third kappa shape index (κ3) is 1.44. The molecule has 1 saturated carbocycles. The van der Waals surface area contributed by atoms with Gasteiger partial charge in [-0.15, -0.1) is 0 Å². The maximum atomic E-state index is 11.8. The second kappa shape index (κ2) is 3.23. The van der Waals surface area contributed by atoms with Gasteiger partial charge < -0.3 is 10.2 Å². The average molecular weight is 194 g/mol. The predicted molar refractivity (Wildman–Crippen MR) is 53.8 cm³/mol. The molecule has 3 fully saturated rings. The molecule has 1 amide bonds. The highest BCUT2D eigenvalue weighted by molar-refractivity contribution is 5.81. The van der Waals surface area contributed by atoms with Crippen LogP contribution < -0.4 is 5.32 Å². The van der Waals surface area contributed by atoms with E-state index in [0.29, 0.717) is 17.9 Å². The van der Waals surface area contributed by atoms with Crippen LogP contribution in [-0.2, 0) is 4.79 Å². The summed E-state index contributed by atoms with van der Waals surface area (Å²) in [6, 6.07) is 0.603. The molecule has 1 aliphatic carbocycles. The maximum absolute atomic E-state index is 11.8. The first kappa shape index (κ1) is 8.72. The number of amides is 1. The van der Waals surface area contributed by atoms with Crippen LogP contribution in [0.4, 0.5) is 0 Å². The molecule has 2 atom stereocenters. The Labute approximate surface area is 84.8 Å². The molecule has 2 heterocycles. The van der Waals surface area contributed by atoms with Crippen molar-refractivity contribution in [2.45, 2.75) is 31.7 Å². The first-order valence-electron chi connectivity index (χ1n) is 5.87. The molecule has 0 spiro atoms. The lowest BCUT2D eigenvalue weighted by Crippen LogP contribution is -2.41. The van der Waals surface area contributed by atoms with E-state index in [1.807, 2.05) is 0 Å². The predicted octanol–water partition coefficient (Wildman–Crippen LogP) is 0.607. The molecule has 1 N–H and O–H groups in total. The van der Waals surface area contributed by atoms with Crippen LogP contribution in [0.5, 0.6) is 0 Å². The van der Waals surface area contributed by atoms with E-state index < -0.39 is 0 Å². The van der Waals surface area contributed by atoms with Crippen molar-refractivity contribution in [2.24, 2.45) is 11.8 Å². The van der Waals surface area contributed by atoms with Gasteiger partial charge in [0.25, 0.3) is 0 Å². The van der Waals surface area contributed by atoms with Gasteiger partial charge in [0.1, 0.15) is 0 Å². The van der Waals surface area contributed by atoms with E-state index in [9.17, 15) is 4.79 Å². The van der Waals surface area contributed by atoms with E-state index in [2.05, 4.69) is 10.2 Å². The molecule has 14 heavy (non-hydrogen) atoms. The van der Waals surface area contributed by atoms with Crippen molar-refractivity contribution < 1.29 is 4.79 Å².